The summed E-state index contributed by atoms with van der Waals surface area (Å²) in [5, 5.41) is 0. The van der Waals surface area contributed by atoms with E-state index in [2.05, 4.69) is 0 Å². The summed E-state index contributed by atoms with van der Waals surface area (Å²) in [5.41, 5.74) is 1.81. The minimum absolute atomic E-state index is 0.394. The van der Waals surface area contributed by atoms with E-state index in [4.69, 9.17) is 4.74 Å². The maximum absolute atomic E-state index is 12.1. The van der Waals surface area contributed by atoms with E-state index in [1.54, 1.807) is 12.1 Å². The summed E-state index contributed by atoms with van der Waals surface area (Å²) in [7, 11) is 0. The van der Waals surface area contributed by atoms with Crippen LogP contribution in [0.1, 0.15) is 18.1 Å². The van der Waals surface area contributed by atoms with Gasteiger partial charge in [-0.25, -0.2) is 4.39 Å². The molecular weight excluding hydrogens is 155 g/mol. The Labute approximate surface area is 72.2 Å². The van der Waals surface area contributed by atoms with Crippen molar-refractivity contribution in [2.75, 3.05) is 6.61 Å². The van der Waals surface area contributed by atoms with Crippen molar-refractivity contribution in [3.05, 3.63) is 35.4 Å². The quantitative estimate of drug-likeness (QED) is 0.671. The molecule has 0 atom stereocenters. The van der Waals surface area contributed by atoms with E-state index < -0.39 is 6.67 Å². The predicted octanol–water partition coefficient (Wildman–Crippen LogP) is 2.69. The van der Waals surface area contributed by atoms with Crippen molar-refractivity contribution in [2.24, 2.45) is 0 Å². The third-order valence-electron chi connectivity index (χ3n) is 1.65. The van der Waals surface area contributed by atoms with Crippen molar-refractivity contribution in [2.45, 2.75) is 20.2 Å². The highest BCUT2D eigenvalue weighted by molar-refractivity contribution is 5.21. The lowest BCUT2D eigenvalue weighted by atomic mass is 10.2. The second kappa shape index (κ2) is 4.88. The summed E-state index contributed by atoms with van der Waals surface area (Å²) in [6, 6.07) is 7.36. The number of halogens is 1. The number of benzene rings is 1. The van der Waals surface area contributed by atoms with E-state index in [0.29, 0.717) is 13.2 Å². The number of alkyl halides is 1. The van der Waals surface area contributed by atoms with Crippen molar-refractivity contribution in [3.8, 4) is 0 Å². The van der Waals surface area contributed by atoms with Gasteiger partial charge in [0.15, 0.2) is 0 Å². The molecule has 0 aliphatic rings. The molecule has 12 heavy (non-hydrogen) atoms. The molecular formula is C10H13FO. The Kier molecular flexibility index (Phi) is 3.74. The first-order valence-corrected chi connectivity index (χ1v) is 4.08. The monoisotopic (exact) mass is 168 g/mol. The first-order valence-electron chi connectivity index (χ1n) is 4.08. The zero-order chi connectivity index (χ0) is 8.81. The summed E-state index contributed by atoms with van der Waals surface area (Å²) >= 11 is 0. The molecule has 0 heterocycles. The third kappa shape index (κ3) is 2.62. The fourth-order valence-electron chi connectivity index (χ4n) is 0.944. The molecule has 0 unspecified atom stereocenters. The Bertz CT molecular complexity index is 218. The number of hydrogen-bond donors (Lipinski definition) is 0. The Morgan fingerprint density at radius 2 is 1.75 bits per heavy atom. The van der Waals surface area contributed by atoms with E-state index in [0.717, 1.165) is 11.1 Å². The molecule has 1 rings (SSSR count). The zero-order valence-electron chi connectivity index (χ0n) is 7.22. The third-order valence-corrected chi connectivity index (χ3v) is 1.65. The van der Waals surface area contributed by atoms with Crippen LogP contribution in [0.15, 0.2) is 24.3 Å². The van der Waals surface area contributed by atoms with Crippen LogP contribution in [-0.2, 0) is 18.0 Å². The van der Waals surface area contributed by atoms with E-state index in [1.807, 2.05) is 19.1 Å². The molecule has 0 saturated heterocycles. The maximum Gasteiger partial charge on any atom is 0.115 e. The Balaban J connectivity index is 2.53. The van der Waals surface area contributed by atoms with E-state index >= 15 is 0 Å². The van der Waals surface area contributed by atoms with Gasteiger partial charge in [-0.15, -0.1) is 0 Å². The lowest BCUT2D eigenvalue weighted by Crippen LogP contribution is -1.91. The Morgan fingerprint density at radius 3 is 2.25 bits per heavy atom. The molecule has 1 nitrogen and oxygen atoms in total. The van der Waals surface area contributed by atoms with Crippen LogP contribution in [0.2, 0.25) is 0 Å². The largest absolute Gasteiger partial charge is 0.377 e. The van der Waals surface area contributed by atoms with Crippen LogP contribution in [0.3, 0.4) is 0 Å². The highest BCUT2D eigenvalue weighted by Crippen LogP contribution is 2.06. The van der Waals surface area contributed by atoms with Gasteiger partial charge in [-0.2, -0.15) is 0 Å². The van der Waals surface area contributed by atoms with E-state index in [1.165, 1.54) is 0 Å². The van der Waals surface area contributed by atoms with Crippen LogP contribution in [0, 0.1) is 0 Å². The van der Waals surface area contributed by atoms with E-state index in [-0.39, 0.29) is 0 Å². The molecule has 0 spiro atoms. The minimum Gasteiger partial charge on any atom is -0.377 e. The first kappa shape index (κ1) is 9.20. The molecule has 0 amide bonds. The van der Waals surface area contributed by atoms with Crippen LogP contribution < -0.4 is 0 Å². The number of ether oxygens (including phenoxy) is 1. The standard InChI is InChI=1S/C10H13FO/c1-2-12-8-10-5-3-9(7-11)4-6-10/h3-6H,2,7-8H2,1H3. The van der Waals surface area contributed by atoms with Gasteiger partial charge in [0.2, 0.25) is 0 Å². The smallest absolute Gasteiger partial charge is 0.115 e. The first-order chi connectivity index (χ1) is 5.86. The molecule has 0 aliphatic heterocycles. The Hall–Kier alpha value is -0.890. The second-order valence-corrected chi connectivity index (χ2v) is 2.59. The van der Waals surface area contributed by atoms with Gasteiger partial charge >= 0.3 is 0 Å². The fraction of sp³-hybridized carbons (Fsp3) is 0.400. The SMILES string of the molecule is CCOCc1ccc(CF)cc1. The van der Waals surface area contributed by atoms with Gasteiger partial charge in [-0.1, -0.05) is 24.3 Å². The number of hydrogen-bond acceptors (Lipinski definition) is 1. The molecule has 0 N–H and O–H groups in total. The van der Waals surface area contributed by atoms with Crippen molar-refractivity contribution in [1.29, 1.82) is 0 Å². The molecule has 0 fully saturated rings. The van der Waals surface area contributed by atoms with Gasteiger partial charge in [0.1, 0.15) is 6.67 Å². The number of rotatable bonds is 4. The molecule has 0 radical (unpaired) electrons. The molecule has 0 aromatic heterocycles. The second-order valence-electron chi connectivity index (χ2n) is 2.59. The summed E-state index contributed by atoms with van der Waals surface area (Å²) in [6.45, 7) is 2.89. The lowest BCUT2D eigenvalue weighted by molar-refractivity contribution is 0.134. The van der Waals surface area contributed by atoms with Crippen LogP contribution in [0.25, 0.3) is 0 Å². The van der Waals surface area contributed by atoms with Gasteiger partial charge in [0.05, 0.1) is 6.61 Å². The summed E-state index contributed by atoms with van der Waals surface area (Å²) < 4.78 is 17.3. The van der Waals surface area contributed by atoms with Crippen molar-refractivity contribution < 1.29 is 9.13 Å². The van der Waals surface area contributed by atoms with Gasteiger partial charge < -0.3 is 4.74 Å². The summed E-state index contributed by atoms with van der Waals surface area (Å²) in [4.78, 5) is 0. The van der Waals surface area contributed by atoms with Gasteiger partial charge in [-0.05, 0) is 18.1 Å². The average molecular weight is 168 g/mol. The van der Waals surface area contributed by atoms with Crippen LogP contribution in [0.4, 0.5) is 4.39 Å². The fourth-order valence-corrected chi connectivity index (χ4v) is 0.944. The van der Waals surface area contributed by atoms with Crippen molar-refractivity contribution in [3.63, 3.8) is 0 Å². The zero-order valence-corrected chi connectivity index (χ0v) is 7.22. The van der Waals surface area contributed by atoms with Gasteiger partial charge in [0, 0.05) is 6.61 Å². The summed E-state index contributed by atoms with van der Waals surface area (Å²) in [6.07, 6.45) is 0. The molecule has 0 bridgehead atoms. The van der Waals surface area contributed by atoms with Crippen molar-refractivity contribution >= 4 is 0 Å². The molecule has 0 saturated carbocycles. The van der Waals surface area contributed by atoms with E-state index in [9.17, 15) is 4.39 Å². The molecule has 1 aromatic rings. The maximum atomic E-state index is 12.1. The van der Waals surface area contributed by atoms with Crippen molar-refractivity contribution in [1.82, 2.24) is 0 Å². The topological polar surface area (TPSA) is 9.23 Å². The van der Waals surface area contributed by atoms with Gasteiger partial charge in [0.25, 0.3) is 0 Å². The minimum atomic E-state index is -0.394. The predicted molar refractivity (Wildman–Crippen MR) is 46.6 cm³/mol. The normalized spacial score (nSPS) is 10.2. The molecule has 1 aromatic carbocycles. The highest BCUT2D eigenvalue weighted by atomic mass is 19.1. The molecule has 66 valence electrons. The lowest BCUT2D eigenvalue weighted by Gasteiger charge is -2.01. The van der Waals surface area contributed by atoms with Crippen LogP contribution in [0.5, 0.6) is 0 Å². The Morgan fingerprint density at radius 1 is 1.17 bits per heavy atom. The molecule has 2 heteroatoms. The van der Waals surface area contributed by atoms with Crippen LogP contribution in [-0.4, -0.2) is 6.61 Å². The molecule has 0 aliphatic carbocycles. The average Bonchev–Trinajstić information content (AvgIpc) is 2.15. The highest BCUT2D eigenvalue weighted by Gasteiger charge is 1.93. The van der Waals surface area contributed by atoms with Crippen LogP contribution >= 0.6 is 0 Å². The van der Waals surface area contributed by atoms with Gasteiger partial charge in [-0.3, -0.25) is 0 Å². The summed E-state index contributed by atoms with van der Waals surface area (Å²) in [5.74, 6) is 0.